The van der Waals surface area contributed by atoms with Gasteiger partial charge in [0.1, 0.15) is 0 Å². The number of rotatable bonds is 3. The molecule has 2 aliphatic rings. The molecule has 7 nitrogen and oxygen atoms in total. The van der Waals surface area contributed by atoms with Crippen molar-refractivity contribution in [2.75, 3.05) is 13.1 Å². The van der Waals surface area contributed by atoms with Crippen LogP contribution < -0.4 is 5.32 Å². The van der Waals surface area contributed by atoms with Gasteiger partial charge < -0.3 is 5.32 Å². The molecular formula is C14H19Cl2N3O4S. The van der Waals surface area contributed by atoms with Gasteiger partial charge in [0, 0.05) is 36.8 Å². The van der Waals surface area contributed by atoms with Crippen molar-refractivity contribution in [3.05, 3.63) is 32.8 Å². The monoisotopic (exact) mass is 395 g/mol. The van der Waals surface area contributed by atoms with E-state index in [2.05, 4.69) is 5.32 Å². The third-order valence-corrected chi connectivity index (χ3v) is 6.85. The van der Waals surface area contributed by atoms with Crippen LogP contribution in [0.4, 0.5) is 5.69 Å². The second-order valence-electron chi connectivity index (χ2n) is 6.10. The number of nitro benzene ring substituents is 1. The molecule has 134 valence electrons. The van der Waals surface area contributed by atoms with Crippen molar-refractivity contribution in [3.8, 4) is 0 Å². The average molecular weight is 396 g/mol. The molecule has 1 aromatic rings. The molecule has 1 N–H and O–H groups in total. The summed E-state index contributed by atoms with van der Waals surface area (Å²) in [6.45, 7) is 2.31. The summed E-state index contributed by atoms with van der Waals surface area (Å²) >= 11 is 6.00. The number of nitrogens with one attached hydrogen (secondary N) is 1. The highest BCUT2D eigenvalue weighted by Gasteiger charge is 2.35. The normalized spacial score (nSPS) is 24.2. The molecule has 0 radical (unpaired) electrons. The summed E-state index contributed by atoms with van der Waals surface area (Å²) in [6.07, 6.45) is 2.77. The zero-order valence-electron chi connectivity index (χ0n) is 13.1. The number of hydrogen-bond acceptors (Lipinski definition) is 5. The van der Waals surface area contributed by atoms with Gasteiger partial charge in [0.15, 0.2) is 0 Å². The molecule has 2 fully saturated rings. The average Bonchev–Trinajstić information content (AvgIpc) is 2.79. The van der Waals surface area contributed by atoms with Crippen LogP contribution in [-0.4, -0.2) is 42.8 Å². The third kappa shape index (κ3) is 3.52. The van der Waals surface area contributed by atoms with Crippen molar-refractivity contribution in [2.24, 2.45) is 0 Å². The van der Waals surface area contributed by atoms with Crippen LogP contribution in [0.25, 0.3) is 0 Å². The molecule has 0 amide bonds. The third-order valence-electron chi connectivity index (χ3n) is 4.61. The standard InChI is InChI=1S/C14H18ClN3O4S.ClH/c1-9-13(15)6-12(7-14(9)18(19)20)23(21,22)17-5-4-10-2-3-11(8-17)16-10;/h6-7,10-11,16H,2-5,8H2,1H3;1H. The van der Waals surface area contributed by atoms with Crippen LogP contribution in [-0.2, 0) is 10.0 Å². The minimum absolute atomic E-state index is 0. The SMILES string of the molecule is Cc1c(Cl)cc(S(=O)(=O)N2CCC3CCC(C2)N3)cc1[N+](=O)[O-].Cl. The van der Waals surface area contributed by atoms with E-state index in [-0.39, 0.29) is 39.6 Å². The van der Waals surface area contributed by atoms with E-state index >= 15 is 0 Å². The zero-order valence-corrected chi connectivity index (χ0v) is 15.5. The van der Waals surface area contributed by atoms with E-state index < -0.39 is 14.9 Å². The van der Waals surface area contributed by atoms with Crippen LogP contribution in [0.3, 0.4) is 0 Å². The maximum absolute atomic E-state index is 12.9. The fourth-order valence-electron chi connectivity index (χ4n) is 3.26. The molecule has 1 aromatic carbocycles. The van der Waals surface area contributed by atoms with E-state index in [0.717, 1.165) is 25.3 Å². The summed E-state index contributed by atoms with van der Waals surface area (Å²) in [7, 11) is -3.80. The molecule has 0 saturated carbocycles. The molecule has 2 heterocycles. The van der Waals surface area contributed by atoms with Crippen LogP contribution in [0.1, 0.15) is 24.8 Å². The molecule has 0 spiro atoms. The lowest BCUT2D eigenvalue weighted by Gasteiger charge is -2.23. The summed E-state index contributed by atoms with van der Waals surface area (Å²) < 4.78 is 27.2. The second-order valence-corrected chi connectivity index (χ2v) is 8.44. The summed E-state index contributed by atoms with van der Waals surface area (Å²) in [5.74, 6) is 0. The molecule has 0 aromatic heterocycles. The van der Waals surface area contributed by atoms with Crippen molar-refractivity contribution in [3.63, 3.8) is 0 Å². The smallest absolute Gasteiger partial charge is 0.275 e. The Morgan fingerprint density at radius 3 is 2.62 bits per heavy atom. The van der Waals surface area contributed by atoms with Crippen molar-refractivity contribution < 1.29 is 13.3 Å². The number of hydrogen-bond donors (Lipinski definition) is 1. The molecule has 2 saturated heterocycles. The van der Waals surface area contributed by atoms with Gasteiger partial charge in [-0.25, -0.2) is 8.42 Å². The van der Waals surface area contributed by atoms with E-state index in [0.29, 0.717) is 19.1 Å². The van der Waals surface area contributed by atoms with Gasteiger partial charge in [-0.2, -0.15) is 4.31 Å². The lowest BCUT2D eigenvalue weighted by molar-refractivity contribution is -0.385. The number of benzene rings is 1. The maximum atomic E-state index is 12.9. The first-order chi connectivity index (χ1) is 10.8. The van der Waals surface area contributed by atoms with Crippen LogP contribution >= 0.6 is 24.0 Å². The first kappa shape index (κ1) is 19.4. The lowest BCUT2D eigenvalue weighted by atomic mass is 10.1. The molecule has 2 atom stereocenters. The zero-order chi connectivity index (χ0) is 16.8. The predicted octanol–water partition coefficient (Wildman–Crippen LogP) is 2.49. The van der Waals surface area contributed by atoms with Gasteiger partial charge >= 0.3 is 0 Å². The second kappa shape index (κ2) is 7.13. The van der Waals surface area contributed by atoms with E-state index in [1.807, 2.05) is 0 Å². The van der Waals surface area contributed by atoms with Gasteiger partial charge in [-0.3, -0.25) is 10.1 Å². The maximum Gasteiger partial charge on any atom is 0.275 e. The van der Waals surface area contributed by atoms with Gasteiger partial charge in [0.25, 0.3) is 5.69 Å². The first-order valence-corrected chi connectivity index (χ1v) is 9.31. The van der Waals surface area contributed by atoms with Gasteiger partial charge in [0.2, 0.25) is 10.0 Å². The minimum Gasteiger partial charge on any atom is -0.310 e. The Morgan fingerprint density at radius 1 is 1.29 bits per heavy atom. The molecule has 2 bridgehead atoms. The quantitative estimate of drug-likeness (QED) is 0.626. The Bertz CT molecular complexity index is 757. The molecule has 10 heteroatoms. The fourth-order valence-corrected chi connectivity index (χ4v) is 5.08. The van der Waals surface area contributed by atoms with Crippen LogP contribution in [0.5, 0.6) is 0 Å². The number of sulfonamides is 1. The Balaban J connectivity index is 0.00000208. The van der Waals surface area contributed by atoms with E-state index in [1.165, 1.54) is 17.3 Å². The molecule has 3 rings (SSSR count). The number of nitrogens with zero attached hydrogens (tertiary/aromatic N) is 2. The Morgan fingerprint density at radius 2 is 1.96 bits per heavy atom. The molecule has 24 heavy (non-hydrogen) atoms. The Kier molecular flexibility index (Phi) is 5.76. The first-order valence-electron chi connectivity index (χ1n) is 7.50. The molecule has 0 aliphatic carbocycles. The van der Waals surface area contributed by atoms with E-state index in [4.69, 9.17) is 11.6 Å². The summed E-state index contributed by atoms with van der Waals surface area (Å²) in [5.41, 5.74) is -0.00208. The lowest BCUT2D eigenvalue weighted by Crippen LogP contribution is -2.39. The number of nitro groups is 1. The van der Waals surface area contributed by atoms with Crippen molar-refractivity contribution in [1.82, 2.24) is 9.62 Å². The summed E-state index contributed by atoms with van der Waals surface area (Å²) in [6, 6.07) is 2.91. The summed E-state index contributed by atoms with van der Waals surface area (Å²) in [5, 5.41) is 14.6. The Hall–Kier alpha value is -0.930. The van der Waals surface area contributed by atoms with Crippen LogP contribution in [0, 0.1) is 17.0 Å². The molecule has 2 unspecified atom stereocenters. The summed E-state index contributed by atoms with van der Waals surface area (Å²) in [4.78, 5) is 10.4. The highest BCUT2D eigenvalue weighted by Crippen LogP contribution is 2.32. The minimum atomic E-state index is -3.80. The van der Waals surface area contributed by atoms with Gasteiger partial charge in [-0.15, -0.1) is 12.4 Å². The van der Waals surface area contributed by atoms with Crippen molar-refractivity contribution in [1.29, 1.82) is 0 Å². The van der Waals surface area contributed by atoms with Gasteiger partial charge in [-0.05, 0) is 32.3 Å². The van der Waals surface area contributed by atoms with Gasteiger partial charge in [-0.1, -0.05) is 11.6 Å². The molecule has 2 aliphatic heterocycles. The van der Waals surface area contributed by atoms with Crippen LogP contribution in [0.2, 0.25) is 5.02 Å². The highest BCUT2D eigenvalue weighted by molar-refractivity contribution is 7.89. The van der Waals surface area contributed by atoms with E-state index in [9.17, 15) is 18.5 Å². The van der Waals surface area contributed by atoms with Gasteiger partial charge in [0.05, 0.1) is 14.8 Å². The predicted molar refractivity (Wildman–Crippen MR) is 93.4 cm³/mol. The Labute approximate surface area is 152 Å². The number of fused-ring (bicyclic) bond motifs is 2. The van der Waals surface area contributed by atoms with Crippen LogP contribution in [0.15, 0.2) is 17.0 Å². The van der Waals surface area contributed by atoms with Crippen molar-refractivity contribution >= 4 is 39.7 Å². The topological polar surface area (TPSA) is 92.6 Å². The largest absolute Gasteiger partial charge is 0.310 e. The highest BCUT2D eigenvalue weighted by atomic mass is 35.5. The molecular weight excluding hydrogens is 377 g/mol. The van der Waals surface area contributed by atoms with Crippen molar-refractivity contribution in [2.45, 2.75) is 43.2 Å². The number of halogens is 2. The fraction of sp³-hybridized carbons (Fsp3) is 0.571. The van der Waals surface area contributed by atoms with E-state index in [1.54, 1.807) is 0 Å².